The molecule has 1 aromatic heterocycles. The van der Waals surface area contributed by atoms with Crippen LogP contribution in [0, 0.1) is 5.41 Å². The van der Waals surface area contributed by atoms with Crippen LogP contribution in [0.1, 0.15) is 18.4 Å². The van der Waals surface area contributed by atoms with Crippen molar-refractivity contribution in [2.45, 2.75) is 19.4 Å². The molecule has 0 saturated heterocycles. The molecule has 2 N–H and O–H groups in total. The van der Waals surface area contributed by atoms with Crippen LogP contribution < -0.4 is 5.73 Å². The van der Waals surface area contributed by atoms with E-state index in [0.717, 1.165) is 29.5 Å². The van der Waals surface area contributed by atoms with E-state index in [1.54, 1.807) is 4.90 Å². The molecule has 1 aliphatic carbocycles. The summed E-state index contributed by atoms with van der Waals surface area (Å²) in [7, 11) is 1.82. The fraction of sp³-hybridized carbons (Fsp3) is 0.429. The molecule has 0 aliphatic heterocycles. The monoisotopic (exact) mass is 259 g/mol. The second kappa shape index (κ2) is 4.35. The molecule has 0 radical (unpaired) electrons. The molecule has 2 aromatic rings. The van der Waals surface area contributed by atoms with Crippen LogP contribution in [0.2, 0.25) is 0 Å². The lowest BCUT2D eigenvalue weighted by atomic mass is 10.1. The van der Waals surface area contributed by atoms with Crippen LogP contribution in [0.25, 0.3) is 11.1 Å². The smallest absolute Gasteiger partial charge is 0.230 e. The lowest BCUT2D eigenvalue weighted by Crippen LogP contribution is -2.37. The predicted molar refractivity (Wildman–Crippen MR) is 71.2 cm³/mol. The zero-order valence-corrected chi connectivity index (χ0v) is 10.9. The second-order valence-corrected chi connectivity index (χ2v) is 5.30. The van der Waals surface area contributed by atoms with E-state index in [-0.39, 0.29) is 11.3 Å². The molecule has 1 fully saturated rings. The Balaban J connectivity index is 1.75. The minimum Gasteiger partial charge on any atom is -0.443 e. The van der Waals surface area contributed by atoms with Crippen molar-refractivity contribution < 1.29 is 9.21 Å². The quantitative estimate of drug-likeness (QED) is 0.903. The maximum atomic E-state index is 12.3. The van der Waals surface area contributed by atoms with Crippen molar-refractivity contribution in [2.75, 3.05) is 13.6 Å². The fourth-order valence-electron chi connectivity index (χ4n) is 2.40. The standard InChI is InChI=1S/C14H17N3O2/c1-17(13(18)14(8-15)4-5-14)7-10-2-3-11-12(6-10)19-9-16-11/h2-3,6,9H,4-5,7-8,15H2,1H3. The molecule has 1 saturated carbocycles. The van der Waals surface area contributed by atoms with E-state index in [1.165, 1.54) is 6.39 Å². The number of amides is 1. The third-order valence-corrected chi connectivity index (χ3v) is 3.86. The Morgan fingerprint density at radius 3 is 3.00 bits per heavy atom. The Morgan fingerprint density at radius 2 is 2.32 bits per heavy atom. The van der Waals surface area contributed by atoms with Crippen LogP contribution in [0.4, 0.5) is 0 Å². The fourth-order valence-corrected chi connectivity index (χ4v) is 2.40. The lowest BCUT2D eigenvalue weighted by molar-refractivity contribution is -0.135. The van der Waals surface area contributed by atoms with Crippen molar-refractivity contribution in [3.8, 4) is 0 Å². The summed E-state index contributed by atoms with van der Waals surface area (Å²) in [5.41, 5.74) is 8.02. The highest BCUT2D eigenvalue weighted by molar-refractivity contribution is 5.85. The Bertz CT molecular complexity index is 616. The van der Waals surface area contributed by atoms with Gasteiger partial charge in [0.05, 0.1) is 5.41 Å². The zero-order valence-electron chi connectivity index (χ0n) is 10.9. The molecular weight excluding hydrogens is 242 g/mol. The molecule has 3 rings (SSSR count). The van der Waals surface area contributed by atoms with Gasteiger partial charge in [0.25, 0.3) is 0 Å². The van der Waals surface area contributed by atoms with E-state index in [9.17, 15) is 4.79 Å². The molecule has 19 heavy (non-hydrogen) atoms. The first kappa shape index (κ1) is 12.2. The number of fused-ring (bicyclic) bond motifs is 1. The zero-order chi connectivity index (χ0) is 13.5. The highest BCUT2D eigenvalue weighted by Crippen LogP contribution is 2.46. The Labute approximate surface area is 111 Å². The normalized spacial score (nSPS) is 16.5. The third kappa shape index (κ3) is 2.10. The summed E-state index contributed by atoms with van der Waals surface area (Å²) in [5.74, 6) is 0.146. The average Bonchev–Trinajstić information content (AvgIpc) is 3.09. The molecular formula is C14H17N3O2. The van der Waals surface area contributed by atoms with E-state index in [2.05, 4.69) is 4.98 Å². The Hall–Kier alpha value is -1.88. The van der Waals surface area contributed by atoms with Crippen LogP contribution >= 0.6 is 0 Å². The number of hydrogen-bond donors (Lipinski definition) is 1. The maximum Gasteiger partial charge on any atom is 0.230 e. The number of aromatic nitrogens is 1. The third-order valence-electron chi connectivity index (χ3n) is 3.86. The van der Waals surface area contributed by atoms with Crippen molar-refractivity contribution >= 4 is 17.0 Å². The van der Waals surface area contributed by atoms with E-state index in [1.807, 2.05) is 25.2 Å². The van der Waals surface area contributed by atoms with E-state index in [0.29, 0.717) is 13.1 Å². The number of carbonyl (C=O) groups is 1. The van der Waals surface area contributed by atoms with Crippen molar-refractivity contribution in [3.05, 3.63) is 30.2 Å². The topological polar surface area (TPSA) is 72.4 Å². The summed E-state index contributed by atoms with van der Waals surface area (Å²) in [6, 6.07) is 5.80. The number of nitrogens with two attached hydrogens (primary N) is 1. The first-order valence-electron chi connectivity index (χ1n) is 6.42. The minimum atomic E-state index is -0.287. The second-order valence-electron chi connectivity index (χ2n) is 5.30. The van der Waals surface area contributed by atoms with Crippen LogP contribution in [0.3, 0.4) is 0 Å². The Kier molecular flexibility index (Phi) is 2.78. The van der Waals surface area contributed by atoms with Gasteiger partial charge in [-0.2, -0.15) is 0 Å². The molecule has 5 nitrogen and oxygen atoms in total. The van der Waals surface area contributed by atoms with Crippen molar-refractivity contribution in [1.82, 2.24) is 9.88 Å². The largest absolute Gasteiger partial charge is 0.443 e. The summed E-state index contributed by atoms with van der Waals surface area (Å²) in [5, 5.41) is 0. The molecule has 1 aromatic carbocycles. The summed E-state index contributed by atoms with van der Waals surface area (Å²) in [4.78, 5) is 18.1. The van der Waals surface area contributed by atoms with Crippen molar-refractivity contribution in [3.63, 3.8) is 0 Å². The highest BCUT2D eigenvalue weighted by atomic mass is 16.3. The highest BCUT2D eigenvalue weighted by Gasteiger charge is 2.49. The predicted octanol–water partition coefficient (Wildman–Crippen LogP) is 1.53. The van der Waals surface area contributed by atoms with Gasteiger partial charge in [-0.05, 0) is 30.5 Å². The van der Waals surface area contributed by atoms with Gasteiger partial charge in [0.15, 0.2) is 12.0 Å². The van der Waals surface area contributed by atoms with E-state index >= 15 is 0 Å². The Morgan fingerprint density at radius 1 is 1.53 bits per heavy atom. The summed E-state index contributed by atoms with van der Waals surface area (Å²) in [6.07, 6.45) is 3.25. The van der Waals surface area contributed by atoms with Gasteiger partial charge in [-0.25, -0.2) is 4.98 Å². The first-order valence-corrected chi connectivity index (χ1v) is 6.42. The van der Waals surface area contributed by atoms with Crippen LogP contribution in [0.5, 0.6) is 0 Å². The SMILES string of the molecule is CN(Cc1ccc2ncoc2c1)C(=O)C1(CN)CC1. The van der Waals surface area contributed by atoms with Gasteiger partial charge in [0, 0.05) is 20.1 Å². The number of carbonyl (C=O) groups excluding carboxylic acids is 1. The van der Waals surface area contributed by atoms with E-state index in [4.69, 9.17) is 10.2 Å². The van der Waals surface area contributed by atoms with Gasteiger partial charge < -0.3 is 15.1 Å². The minimum absolute atomic E-state index is 0.146. The number of hydrogen-bond acceptors (Lipinski definition) is 4. The van der Waals surface area contributed by atoms with E-state index < -0.39 is 0 Å². The number of benzene rings is 1. The molecule has 1 aliphatic rings. The van der Waals surface area contributed by atoms with Crippen LogP contribution in [0.15, 0.2) is 29.0 Å². The summed E-state index contributed by atoms with van der Waals surface area (Å²) in [6.45, 7) is 1.01. The van der Waals surface area contributed by atoms with Gasteiger partial charge in [0.1, 0.15) is 5.52 Å². The molecule has 100 valence electrons. The van der Waals surface area contributed by atoms with Crippen LogP contribution in [-0.2, 0) is 11.3 Å². The molecule has 1 heterocycles. The molecule has 0 unspecified atom stereocenters. The molecule has 0 bridgehead atoms. The molecule has 1 amide bonds. The summed E-state index contributed by atoms with van der Waals surface area (Å²) < 4.78 is 5.27. The molecule has 5 heteroatoms. The first-order chi connectivity index (χ1) is 9.14. The van der Waals surface area contributed by atoms with Gasteiger partial charge in [-0.1, -0.05) is 6.07 Å². The lowest BCUT2D eigenvalue weighted by Gasteiger charge is -2.22. The van der Waals surface area contributed by atoms with Gasteiger partial charge in [-0.3, -0.25) is 4.79 Å². The van der Waals surface area contributed by atoms with Gasteiger partial charge in [0.2, 0.25) is 5.91 Å². The summed E-state index contributed by atoms with van der Waals surface area (Å²) >= 11 is 0. The number of oxazole rings is 1. The van der Waals surface area contributed by atoms with Gasteiger partial charge >= 0.3 is 0 Å². The number of rotatable bonds is 4. The maximum absolute atomic E-state index is 12.3. The molecule has 0 atom stereocenters. The van der Waals surface area contributed by atoms with Crippen molar-refractivity contribution in [2.24, 2.45) is 11.1 Å². The molecule has 0 spiro atoms. The van der Waals surface area contributed by atoms with Crippen LogP contribution in [-0.4, -0.2) is 29.4 Å². The average molecular weight is 259 g/mol. The number of nitrogens with zero attached hydrogens (tertiary/aromatic N) is 2. The van der Waals surface area contributed by atoms with Gasteiger partial charge in [-0.15, -0.1) is 0 Å². The van der Waals surface area contributed by atoms with Crippen molar-refractivity contribution in [1.29, 1.82) is 0 Å².